The van der Waals surface area contributed by atoms with E-state index in [9.17, 15) is 0 Å². The van der Waals surface area contributed by atoms with Crippen LogP contribution in [0.5, 0.6) is 0 Å². The second-order valence-corrected chi connectivity index (χ2v) is 8.67. The molecule has 1 heterocycles. The number of aromatic nitrogens is 3. The van der Waals surface area contributed by atoms with Gasteiger partial charge in [-0.25, -0.2) is 0 Å². The zero-order valence-corrected chi connectivity index (χ0v) is 18.5. The summed E-state index contributed by atoms with van der Waals surface area (Å²) in [6, 6.07) is 21.3. The van der Waals surface area contributed by atoms with E-state index in [1.807, 2.05) is 59.2 Å². The molecule has 0 amide bonds. The highest BCUT2D eigenvalue weighted by atomic mass is 35.5. The van der Waals surface area contributed by atoms with Crippen molar-refractivity contribution in [2.24, 2.45) is 0 Å². The van der Waals surface area contributed by atoms with Crippen LogP contribution >= 0.6 is 46.6 Å². The average molecular weight is 461 g/mol. The molecule has 0 saturated carbocycles. The Morgan fingerprint density at radius 3 is 2.24 bits per heavy atom. The van der Waals surface area contributed by atoms with Gasteiger partial charge in [-0.05, 0) is 66.6 Å². The van der Waals surface area contributed by atoms with Gasteiger partial charge in [-0.3, -0.25) is 4.57 Å². The van der Waals surface area contributed by atoms with Gasteiger partial charge in [0.25, 0.3) is 0 Å². The lowest BCUT2D eigenvalue weighted by Crippen LogP contribution is -2.00. The summed E-state index contributed by atoms with van der Waals surface area (Å²) in [6.07, 6.45) is 0. The predicted molar refractivity (Wildman–Crippen MR) is 123 cm³/mol. The lowest BCUT2D eigenvalue weighted by molar-refractivity contribution is 0.885. The summed E-state index contributed by atoms with van der Waals surface area (Å²) in [5.74, 6) is 1.34. The quantitative estimate of drug-likeness (QED) is 0.289. The van der Waals surface area contributed by atoms with Crippen molar-refractivity contribution in [1.29, 1.82) is 0 Å². The topological polar surface area (TPSA) is 30.7 Å². The van der Waals surface area contributed by atoms with Crippen molar-refractivity contribution in [2.45, 2.75) is 17.8 Å². The minimum Gasteiger partial charge on any atom is -0.270 e. The molecule has 1 aromatic heterocycles. The van der Waals surface area contributed by atoms with Crippen LogP contribution in [0.25, 0.3) is 17.1 Å². The standard InChI is InChI=1S/C22H16Cl3N3S/c1-14-4-2-5-17(12-14)28-21(15-8-10-16(23)11-9-15)26-27-22(28)29-13-18-19(24)6-3-7-20(18)25/h2-12H,13H2,1H3. The number of halogens is 3. The lowest BCUT2D eigenvalue weighted by Gasteiger charge is -2.12. The van der Waals surface area contributed by atoms with Crippen molar-refractivity contribution in [3.63, 3.8) is 0 Å². The Kier molecular flexibility index (Phi) is 6.16. The van der Waals surface area contributed by atoms with Gasteiger partial charge in [-0.15, -0.1) is 10.2 Å². The molecule has 3 aromatic carbocycles. The molecule has 0 aliphatic carbocycles. The average Bonchev–Trinajstić information content (AvgIpc) is 3.12. The van der Waals surface area contributed by atoms with E-state index in [1.165, 1.54) is 0 Å². The van der Waals surface area contributed by atoms with Crippen molar-refractivity contribution < 1.29 is 0 Å². The molecular formula is C22H16Cl3N3S. The maximum atomic E-state index is 6.34. The molecule has 0 saturated heterocycles. The van der Waals surface area contributed by atoms with Crippen molar-refractivity contribution in [1.82, 2.24) is 14.8 Å². The highest BCUT2D eigenvalue weighted by Crippen LogP contribution is 2.34. The highest BCUT2D eigenvalue weighted by Gasteiger charge is 2.17. The monoisotopic (exact) mass is 459 g/mol. The van der Waals surface area contributed by atoms with Crippen LogP contribution in [0, 0.1) is 6.92 Å². The molecule has 0 N–H and O–H groups in total. The van der Waals surface area contributed by atoms with E-state index < -0.39 is 0 Å². The van der Waals surface area contributed by atoms with E-state index in [0.29, 0.717) is 20.8 Å². The lowest BCUT2D eigenvalue weighted by atomic mass is 10.2. The minimum absolute atomic E-state index is 0.586. The Balaban J connectivity index is 1.77. The van der Waals surface area contributed by atoms with E-state index in [2.05, 4.69) is 29.3 Å². The molecule has 0 unspecified atom stereocenters. The summed E-state index contributed by atoms with van der Waals surface area (Å²) in [5.41, 5.74) is 3.97. The Morgan fingerprint density at radius 2 is 1.55 bits per heavy atom. The van der Waals surface area contributed by atoms with E-state index >= 15 is 0 Å². The molecule has 3 nitrogen and oxygen atoms in total. The largest absolute Gasteiger partial charge is 0.270 e. The van der Waals surface area contributed by atoms with Crippen LogP contribution in [0.15, 0.2) is 71.9 Å². The second-order valence-electron chi connectivity index (χ2n) is 6.48. The zero-order chi connectivity index (χ0) is 20.4. The number of hydrogen-bond acceptors (Lipinski definition) is 3. The van der Waals surface area contributed by atoms with E-state index in [4.69, 9.17) is 34.8 Å². The van der Waals surface area contributed by atoms with Crippen LogP contribution in [-0.4, -0.2) is 14.8 Å². The molecule has 146 valence electrons. The summed E-state index contributed by atoms with van der Waals surface area (Å²) in [4.78, 5) is 0. The van der Waals surface area contributed by atoms with Crippen LogP contribution in [0.3, 0.4) is 0 Å². The van der Waals surface area contributed by atoms with Crippen molar-refractivity contribution >= 4 is 46.6 Å². The van der Waals surface area contributed by atoms with Crippen molar-refractivity contribution in [3.8, 4) is 17.1 Å². The van der Waals surface area contributed by atoms with Gasteiger partial charge in [0, 0.05) is 32.1 Å². The van der Waals surface area contributed by atoms with Gasteiger partial charge in [0.2, 0.25) is 0 Å². The normalized spacial score (nSPS) is 11.0. The predicted octanol–water partition coefficient (Wildman–Crippen LogP) is 7.50. The molecule has 0 spiro atoms. The number of thioether (sulfide) groups is 1. The number of rotatable bonds is 5. The zero-order valence-electron chi connectivity index (χ0n) is 15.4. The minimum atomic E-state index is 0.586. The molecule has 29 heavy (non-hydrogen) atoms. The summed E-state index contributed by atoms with van der Waals surface area (Å²) >= 11 is 20.3. The third-order valence-corrected chi connectivity index (χ3v) is 6.32. The van der Waals surface area contributed by atoms with Gasteiger partial charge in [0.05, 0.1) is 0 Å². The first-order chi connectivity index (χ1) is 14.0. The van der Waals surface area contributed by atoms with E-state index in [0.717, 1.165) is 33.4 Å². The van der Waals surface area contributed by atoms with Gasteiger partial charge in [-0.1, -0.05) is 64.8 Å². The third kappa shape index (κ3) is 4.46. The summed E-state index contributed by atoms with van der Waals surface area (Å²) in [6.45, 7) is 2.06. The van der Waals surface area contributed by atoms with Gasteiger partial charge in [0.15, 0.2) is 11.0 Å². The van der Waals surface area contributed by atoms with Gasteiger partial charge < -0.3 is 0 Å². The number of benzene rings is 3. The molecule has 0 aliphatic heterocycles. The molecule has 0 aliphatic rings. The van der Waals surface area contributed by atoms with Gasteiger partial charge in [0.1, 0.15) is 0 Å². The summed E-state index contributed by atoms with van der Waals surface area (Å²) < 4.78 is 2.05. The van der Waals surface area contributed by atoms with Crippen molar-refractivity contribution in [2.75, 3.05) is 0 Å². The molecule has 4 aromatic rings. The fourth-order valence-electron chi connectivity index (χ4n) is 2.96. The summed E-state index contributed by atoms with van der Waals surface area (Å²) in [7, 11) is 0. The molecule has 7 heteroatoms. The van der Waals surface area contributed by atoms with Crippen LogP contribution in [-0.2, 0) is 5.75 Å². The summed E-state index contributed by atoms with van der Waals surface area (Å²) in [5, 5.41) is 11.6. The maximum absolute atomic E-state index is 6.34. The van der Waals surface area contributed by atoms with Gasteiger partial charge >= 0.3 is 0 Å². The first kappa shape index (κ1) is 20.3. The Labute approximate surface area is 188 Å². The first-order valence-corrected chi connectivity index (χ1v) is 11.0. The first-order valence-electron chi connectivity index (χ1n) is 8.87. The molecule has 0 bridgehead atoms. The van der Waals surface area contributed by atoms with Crippen molar-refractivity contribution in [3.05, 3.63) is 92.9 Å². The fourth-order valence-corrected chi connectivity index (χ4v) is 4.78. The van der Waals surface area contributed by atoms with Gasteiger partial charge in [-0.2, -0.15) is 0 Å². The Morgan fingerprint density at radius 1 is 0.862 bits per heavy atom. The smallest absolute Gasteiger partial charge is 0.196 e. The van der Waals surface area contributed by atoms with E-state index in [1.54, 1.807) is 11.8 Å². The molecular weight excluding hydrogens is 445 g/mol. The Bertz CT molecular complexity index is 1140. The molecule has 4 rings (SSSR count). The fraction of sp³-hybridized carbons (Fsp3) is 0.0909. The van der Waals surface area contributed by atoms with E-state index in [-0.39, 0.29) is 0 Å². The van der Waals surface area contributed by atoms with Crippen LogP contribution in [0.4, 0.5) is 0 Å². The third-order valence-electron chi connectivity index (χ3n) is 4.40. The molecule has 0 atom stereocenters. The number of aryl methyl sites for hydroxylation is 1. The maximum Gasteiger partial charge on any atom is 0.196 e. The van der Waals surface area contributed by atoms with Crippen LogP contribution in [0.1, 0.15) is 11.1 Å². The number of hydrogen-bond donors (Lipinski definition) is 0. The second kappa shape index (κ2) is 8.80. The highest BCUT2D eigenvalue weighted by molar-refractivity contribution is 7.98. The number of nitrogens with zero attached hydrogens (tertiary/aromatic N) is 3. The Hall–Kier alpha value is -1.98. The van der Waals surface area contributed by atoms with Crippen LogP contribution in [0.2, 0.25) is 15.1 Å². The SMILES string of the molecule is Cc1cccc(-n2c(SCc3c(Cl)cccc3Cl)nnc2-c2ccc(Cl)cc2)c1. The van der Waals surface area contributed by atoms with Crippen LogP contribution < -0.4 is 0 Å². The molecule has 0 fully saturated rings. The molecule has 0 radical (unpaired) electrons.